The molecule has 1 unspecified atom stereocenters. The van der Waals surface area contributed by atoms with Crippen molar-refractivity contribution in [1.29, 1.82) is 0 Å². The van der Waals surface area contributed by atoms with Crippen LogP contribution in [0.2, 0.25) is 0 Å². The van der Waals surface area contributed by atoms with Gasteiger partial charge in [0.05, 0.1) is 0 Å². The van der Waals surface area contributed by atoms with Crippen LogP contribution in [0.25, 0.3) is 0 Å². The van der Waals surface area contributed by atoms with E-state index in [1.54, 1.807) is 0 Å². The smallest absolute Gasteiger partial charge is 0.254 e. The summed E-state index contributed by atoms with van der Waals surface area (Å²) < 4.78 is 0. The van der Waals surface area contributed by atoms with E-state index in [2.05, 4.69) is 10.6 Å². The predicted octanol–water partition coefficient (Wildman–Crippen LogP) is 2.59. The third-order valence-corrected chi connectivity index (χ3v) is 4.41. The third kappa shape index (κ3) is 5.72. The average molecular weight is 368 g/mol. The lowest BCUT2D eigenvalue weighted by molar-refractivity contribution is -0.128. The minimum atomic E-state index is -0.395. The molecule has 0 bridgehead atoms. The number of nitrogens with one attached hydrogen (secondary N) is 2. The summed E-state index contributed by atoms with van der Waals surface area (Å²) in [5.41, 5.74) is 1.31. The Morgan fingerprint density at radius 3 is 2.40 bits per heavy atom. The fraction of sp³-hybridized carbons (Fsp3) is 0.579. The van der Waals surface area contributed by atoms with E-state index < -0.39 is 5.41 Å². The second kappa shape index (κ2) is 9.20. The van der Waals surface area contributed by atoms with Gasteiger partial charge in [0.1, 0.15) is 0 Å². The zero-order chi connectivity index (χ0) is 17.7. The first kappa shape index (κ1) is 21.5. The second-order valence-corrected chi connectivity index (χ2v) is 7.48. The fourth-order valence-electron chi connectivity index (χ4n) is 2.93. The molecule has 1 aromatic carbocycles. The number of carbonyl (C=O) groups is 2. The summed E-state index contributed by atoms with van der Waals surface area (Å²) in [5, 5.41) is 6.08. The second-order valence-electron chi connectivity index (χ2n) is 7.48. The number of carbonyl (C=O) groups excluding carboxylic acids is 2. The molecule has 1 aliphatic rings. The van der Waals surface area contributed by atoms with Crippen molar-refractivity contribution in [2.24, 2.45) is 5.41 Å². The molecule has 1 atom stereocenters. The molecule has 2 rings (SSSR count). The van der Waals surface area contributed by atoms with Crippen molar-refractivity contribution in [3.05, 3.63) is 35.4 Å². The fourth-order valence-corrected chi connectivity index (χ4v) is 2.93. The first-order valence-corrected chi connectivity index (χ1v) is 8.65. The van der Waals surface area contributed by atoms with Crippen LogP contribution in [0.15, 0.2) is 24.3 Å². The van der Waals surface area contributed by atoms with Crippen molar-refractivity contribution in [2.75, 3.05) is 20.1 Å². The van der Waals surface area contributed by atoms with Crippen molar-refractivity contribution in [3.63, 3.8) is 0 Å². The quantitative estimate of drug-likeness (QED) is 0.840. The van der Waals surface area contributed by atoms with Crippen LogP contribution < -0.4 is 10.6 Å². The molecule has 2 amide bonds. The van der Waals surface area contributed by atoms with E-state index in [9.17, 15) is 9.59 Å². The van der Waals surface area contributed by atoms with Gasteiger partial charge in [0.25, 0.3) is 5.91 Å². The van der Waals surface area contributed by atoms with Gasteiger partial charge in [-0.15, -0.1) is 12.4 Å². The number of likely N-dealkylation sites (N-methyl/N-ethyl adjacent to an activating group) is 1. The summed E-state index contributed by atoms with van der Waals surface area (Å²) >= 11 is 0. The van der Waals surface area contributed by atoms with E-state index in [4.69, 9.17) is 0 Å². The molecule has 5 nitrogen and oxygen atoms in total. The maximum atomic E-state index is 12.7. The van der Waals surface area contributed by atoms with Gasteiger partial charge in [0.15, 0.2) is 0 Å². The minimum absolute atomic E-state index is 0. The molecule has 1 aromatic rings. The zero-order valence-corrected chi connectivity index (χ0v) is 16.4. The van der Waals surface area contributed by atoms with Crippen LogP contribution in [0.4, 0.5) is 0 Å². The van der Waals surface area contributed by atoms with Crippen molar-refractivity contribution in [1.82, 2.24) is 15.5 Å². The lowest BCUT2D eigenvalue weighted by Gasteiger charge is -2.24. The van der Waals surface area contributed by atoms with Gasteiger partial charge >= 0.3 is 0 Å². The molecule has 1 heterocycles. The molecule has 2 N–H and O–H groups in total. The number of amides is 2. The Morgan fingerprint density at radius 2 is 1.84 bits per heavy atom. The molecule has 0 spiro atoms. The van der Waals surface area contributed by atoms with E-state index in [0.717, 1.165) is 31.5 Å². The van der Waals surface area contributed by atoms with Crippen LogP contribution in [0.5, 0.6) is 0 Å². The highest BCUT2D eigenvalue weighted by Gasteiger charge is 2.28. The Bertz CT molecular complexity index is 581. The molecule has 1 fully saturated rings. The predicted molar refractivity (Wildman–Crippen MR) is 103 cm³/mol. The van der Waals surface area contributed by atoms with Gasteiger partial charge in [-0.2, -0.15) is 0 Å². The number of nitrogens with zero attached hydrogens (tertiary/aromatic N) is 1. The van der Waals surface area contributed by atoms with Crippen LogP contribution in [-0.2, 0) is 11.3 Å². The maximum absolute atomic E-state index is 12.7. The van der Waals surface area contributed by atoms with Crippen LogP contribution in [0, 0.1) is 5.41 Å². The first-order chi connectivity index (χ1) is 11.3. The summed E-state index contributed by atoms with van der Waals surface area (Å²) in [6.45, 7) is 7.82. The SMILES string of the molecule is CNCC1CCCN1C(=O)c1ccc(CNC(=O)C(C)(C)C)cc1.Cl. The Hall–Kier alpha value is -1.59. The number of benzene rings is 1. The first-order valence-electron chi connectivity index (χ1n) is 8.65. The van der Waals surface area contributed by atoms with E-state index in [1.165, 1.54) is 0 Å². The lowest BCUT2D eigenvalue weighted by atomic mass is 9.95. The average Bonchev–Trinajstić information content (AvgIpc) is 3.00. The van der Waals surface area contributed by atoms with E-state index in [1.807, 2.05) is 57.0 Å². The van der Waals surface area contributed by atoms with Gasteiger partial charge in [0, 0.05) is 36.7 Å². The topological polar surface area (TPSA) is 61.4 Å². The minimum Gasteiger partial charge on any atom is -0.352 e. The van der Waals surface area contributed by atoms with Gasteiger partial charge in [0.2, 0.25) is 5.91 Å². The maximum Gasteiger partial charge on any atom is 0.254 e. The Balaban J connectivity index is 0.00000312. The summed E-state index contributed by atoms with van der Waals surface area (Å²) in [6, 6.07) is 7.83. The molecular formula is C19H30ClN3O2. The zero-order valence-electron chi connectivity index (χ0n) is 15.6. The van der Waals surface area contributed by atoms with Crippen LogP contribution in [0.1, 0.15) is 49.5 Å². The highest BCUT2D eigenvalue weighted by atomic mass is 35.5. The van der Waals surface area contributed by atoms with Gasteiger partial charge < -0.3 is 15.5 Å². The summed E-state index contributed by atoms with van der Waals surface area (Å²) in [6.07, 6.45) is 2.12. The van der Waals surface area contributed by atoms with Crippen molar-refractivity contribution in [3.8, 4) is 0 Å². The van der Waals surface area contributed by atoms with Gasteiger partial charge in [-0.1, -0.05) is 32.9 Å². The molecule has 0 saturated carbocycles. The molecule has 25 heavy (non-hydrogen) atoms. The molecule has 0 aliphatic carbocycles. The van der Waals surface area contributed by atoms with E-state index >= 15 is 0 Å². The van der Waals surface area contributed by atoms with E-state index in [-0.39, 0.29) is 30.3 Å². The van der Waals surface area contributed by atoms with Crippen LogP contribution >= 0.6 is 12.4 Å². The summed E-state index contributed by atoms with van der Waals surface area (Å²) in [4.78, 5) is 26.5. The third-order valence-electron chi connectivity index (χ3n) is 4.41. The van der Waals surface area contributed by atoms with Crippen LogP contribution in [-0.4, -0.2) is 42.9 Å². The molecular weight excluding hydrogens is 338 g/mol. The molecule has 0 radical (unpaired) electrons. The van der Waals surface area contributed by atoms with Gasteiger partial charge in [-0.25, -0.2) is 0 Å². The lowest BCUT2D eigenvalue weighted by Crippen LogP contribution is -2.40. The highest BCUT2D eigenvalue weighted by Crippen LogP contribution is 2.20. The van der Waals surface area contributed by atoms with Gasteiger partial charge in [-0.3, -0.25) is 9.59 Å². The van der Waals surface area contributed by atoms with Gasteiger partial charge in [-0.05, 0) is 37.6 Å². The monoisotopic (exact) mass is 367 g/mol. The normalized spacial score (nSPS) is 17.1. The molecule has 1 aliphatic heterocycles. The summed E-state index contributed by atoms with van der Waals surface area (Å²) in [7, 11) is 1.92. The Morgan fingerprint density at radius 1 is 1.20 bits per heavy atom. The number of likely N-dealkylation sites (tertiary alicyclic amines) is 1. The Labute approximate surface area is 157 Å². The van der Waals surface area contributed by atoms with Crippen molar-refractivity contribution in [2.45, 2.75) is 46.2 Å². The molecule has 6 heteroatoms. The number of hydrogen-bond donors (Lipinski definition) is 2. The van der Waals surface area contributed by atoms with Crippen molar-refractivity contribution >= 4 is 24.2 Å². The molecule has 0 aromatic heterocycles. The highest BCUT2D eigenvalue weighted by molar-refractivity contribution is 5.94. The van der Waals surface area contributed by atoms with Crippen LogP contribution in [0.3, 0.4) is 0 Å². The number of rotatable bonds is 5. The standard InChI is InChI=1S/C19H29N3O2.ClH/c1-19(2,3)18(24)21-12-14-7-9-15(10-8-14)17(23)22-11-5-6-16(22)13-20-4;/h7-10,16,20H,5-6,11-13H2,1-4H3,(H,21,24);1H. The molecule has 1 saturated heterocycles. The Kier molecular flexibility index (Phi) is 7.90. The number of hydrogen-bond acceptors (Lipinski definition) is 3. The van der Waals surface area contributed by atoms with E-state index in [0.29, 0.717) is 12.1 Å². The molecule has 140 valence electrons. The largest absolute Gasteiger partial charge is 0.352 e. The number of halogens is 1. The van der Waals surface area contributed by atoms with Crippen molar-refractivity contribution < 1.29 is 9.59 Å². The summed E-state index contributed by atoms with van der Waals surface area (Å²) in [5.74, 6) is 0.118.